The van der Waals surface area contributed by atoms with Gasteiger partial charge in [-0.25, -0.2) is 9.97 Å². The largest absolute Gasteiger partial charge is 0.371 e. The summed E-state index contributed by atoms with van der Waals surface area (Å²) in [6, 6.07) is 13.0. The lowest BCUT2D eigenvalue weighted by molar-refractivity contribution is -0.134. The number of aromatic nitrogens is 4. The van der Waals surface area contributed by atoms with Crippen molar-refractivity contribution in [3.63, 3.8) is 0 Å². The average Bonchev–Trinajstić information content (AvgIpc) is 3.70. The van der Waals surface area contributed by atoms with E-state index in [1.807, 2.05) is 24.4 Å². The Morgan fingerprint density at radius 1 is 0.849 bits per heavy atom. The fourth-order valence-electron chi connectivity index (χ4n) is 9.18. The second-order valence-corrected chi connectivity index (χ2v) is 15.3. The number of aryl methyl sites for hydroxylation is 1. The van der Waals surface area contributed by atoms with E-state index in [-0.39, 0.29) is 40.7 Å². The number of piperidine rings is 3. The molecule has 276 valence electrons. The number of Topliss-reactive ketones (excluding diaryl/α,β-unsaturated/α-hetero) is 1. The summed E-state index contributed by atoms with van der Waals surface area (Å²) >= 11 is 0. The standard InChI is InChI=1S/C41H48N8O4/c1-25-34-24-43-41(46-38(34)49(31-7-3-4-8-31)40(53)37(25)26(2)50)44-35-12-10-29(23-42-35)27-14-18-47(19-15-27)30-16-20-48(21-17-30)32-9-5-6-28(22-32)33-11-13-36(51)45-39(33)52/h5-6,9-10,12,22-24,27,30-31,33H,3-4,7-8,11,13-21H2,1-2H3,(H,45,51,52)(H,42,43,44,46). The van der Waals surface area contributed by atoms with Crippen LogP contribution in [0.4, 0.5) is 17.5 Å². The zero-order chi connectivity index (χ0) is 36.6. The van der Waals surface area contributed by atoms with Crippen LogP contribution in [0.1, 0.15) is 116 Å². The summed E-state index contributed by atoms with van der Waals surface area (Å²) in [5.74, 6) is 0.622. The van der Waals surface area contributed by atoms with Gasteiger partial charge in [-0.3, -0.25) is 29.1 Å². The minimum atomic E-state index is -0.260. The number of rotatable bonds is 8. The van der Waals surface area contributed by atoms with E-state index in [4.69, 9.17) is 9.97 Å². The van der Waals surface area contributed by atoms with Crippen LogP contribution in [0.15, 0.2) is 53.6 Å². The molecule has 3 aromatic heterocycles. The molecule has 12 nitrogen and oxygen atoms in total. The Morgan fingerprint density at radius 2 is 1.62 bits per heavy atom. The van der Waals surface area contributed by atoms with E-state index < -0.39 is 0 Å². The van der Waals surface area contributed by atoms with E-state index >= 15 is 0 Å². The van der Waals surface area contributed by atoms with Crippen molar-refractivity contribution in [2.45, 2.75) is 102 Å². The van der Waals surface area contributed by atoms with Crippen LogP contribution in [0.25, 0.3) is 11.0 Å². The van der Waals surface area contributed by atoms with Crippen LogP contribution in [0.3, 0.4) is 0 Å². The Labute approximate surface area is 309 Å². The molecule has 1 aliphatic carbocycles. The summed E-state index contributed by atoms with van der Waals surface area (Å²) in [7, 11) is 0. The number of nitrogens with one attached hydrogen (secondary N) is 2. The molecule has 1 unspecified atom stereocenters. The number of amides is 2. The number of ketones is 1. The first kappa shape index (κ1) is 35.1. The third-order valence-corrected chi connectivity index (χ3v) is 12.1. The molecule has 2 amide bonds. The SMILES string of the molecule is CC(=O)c1c(C)c2cnc(Nc3ccc(C4CCN(C5CCN(c6cccc(C7CCC(=O)NC7=O)c6)CC5)CC4)cn3)nc2n(C2CCCC2)c1=O. The van der Waals surface area contributed by atoms with Crippen molar-refractivity contribution in [3.8, 4) is 0 Å². The lowest BCUT2D eigenvalue weighted by Gasteiger charge is -2.42. The number of nitrogens with zero attached hydrogens (tertiary/aromatic N) is 6. The molecule has 8 rings (SSSR count). The van der Waals surface area contributed by atoms with Gasteiger partial charge in [-0.05, 0) is 113 Å². The molecule has 4 fully saturated rings. The van der Waals surface area contributed by atoms with E-state index in [0.29, 0.717) is 47.8 Å². The van der Waals surface area contributed by atoms with Crippen molar-refractivity contribution in [2.24, 2.45) is 0 Å². The molecule has 4 aliphatic rings. The van der Waals surface area contributed by atoms with Crippen LogP contribution in [-0.4, -0.2) is 74.2 Å². The Morgan fingerprint density at radius 3 is 2.32 bits per heavy atom. The van der Waals surface area contributed by atoms with Crippen molar-refractivity contribution in [2.75, 3.05) is 36.4 Å². The Balaban J connectivity index is 0.869. The van der Waals surface area contributed by atoms with Gasteiger partial charge in [0.15, 0.2) is 5.78 Å². The lowest BCUT2D eigenvalue weighted by atomic mass is 9.88. The Kier molecular flexibility index (Phi) is 9.80. The second-order valence-electron chi connectivity index (χ2n) is 15.3. The quantitative estimate of drug-likeness (QED) is 0.167. The average molecular weight is 717 g/mol. The summed E-state index contributed by atoms with van der Waals surface area (Å²) in [6.45, 7) is 7.36. The highest BCUT2D eigenvalue weighted by Crippen LogP contribution is 2.34. The molecular weight excluding hydrogens is 669 g/mol. The van der Waals surface area contributed by atoms with Gasteiger partial charge in [0.05, 0.1) is 11.5 Å². The maximum Gasteiger partial charge on any atom is 0.263 e. The first-order valence-corrected chi connectivity index (χ1v) is 19.3. The van der Waals surface area contributed by atoms with Gasteiger partial charge in [-0.15, -0.1) is 0 Å². The van der Waals surface area contributed by atoms with Crippen molar-refractivity contribution in [1.82, 2.24) is 29.7 Å². The Hall–Kier alpha value is -4.97. The topological polar surface area (TPSA) is 142 Å². The van der Waals surface area contributed by atoms with Gasteiger partial charge in [-0.1, -0.05) is 31.0 Å². The summed E-state index contributed by atoms with van der Waals surface area (Å²) in [6.07, 6.45) is 12.9. The number of carbonyl (C=O) groups is 3. The van der Waals surface area contributed by atoms with Crippen LogP contribution >= 0.6 is 0 Å². The predicted octanol–water partition coefficient (Wildman–Crippen LogP) is 5.92. The zero-order valence-corrected chi connectivity index (χ0v) is 30.6. The molecule has 0 radical (unpaired) electrons. The number of fused-ring (bicyclic) bond motifs is 1. The van der Waals surface area contributed by atoms with Crippen molar-refractivity contribution in [3.05, 3.63) is 81.4 Å². The summed E-state index contributed by atoms with van der Waals surface area (Å²) in [5.41, 5.74) is 4.55. The van der Waals surface area contributed by atoms with Gasteiger partial charge < -0.3 is 15.1 Å². The minimum Gasteiger partial charge on any atom is -0.371 e. The van der Waals surface area contributed by atoms with Gasteiger partial charge >= 0.3 is 0 Å². The number of pyridine rings is 2. The minimum absolute atomic E-state index is 0.0272. The molecule has 1 saturated carbocycles. The number of imide groups is 1. The molecule has 3 aliphatic heterocycles. The molecule has 1 atom stereocenters. The second kappa shape index (κ2) is 14.8. The van der Waals surface area contributed by atoms with E-state index in [2.05, 4.69) is 43.6 Å². The molecular formula is C41H48N8O4. The highest BCUT2D eigenvalue weighted by atomic mass is 16.2. The molecule has 0 bridgehead atoms. The van der Waals surface area contributed by atoms with Crippen molar-refractivity contribution < 1.29 is 14.4 Å². The maximum atomic E-state index is 13.6. The number of benzene rings is 1. The van der Waals surface area contributed by atoms with Crippen LogP contribution in [0.5, 0.6) is 0 Å². The molecule has 53 heavy (non-hydrogen) atoms. The predicted molar refractivity (Wildman–Crippen MR) is 204 cm³/mol. The van der Waals surface area contributed by atoms with Gasteiger partial charge in [0.2, 0.25) is 17.8 Å². The van der Waals surface area contributed by atoms with E-state index in [9.17, 15) is 19.2 Å². The summed E-state index contributed by atoms with van der Waals surface area (Å²) in [4.78, 5) is 69.3. The van der Waals surface area contributed by atoms with Gasteiger partial charge in [-0.2, -0.15) is 4.98 Å². The molecule has 1 aromatic carbocycles. The third-order valence-electron chi connectivity index (χ3n) is 12.1. The van der Waals surface area contributed by atoms with Crippen molar-refractivity contribution >= 4 is 46.1 Å². The first-order valence-electron chi connectivity index (χ1n) is 19.3. The molecule has 12 heteroatoms. The number of likely N-dealkylation sites (tertiary alicyclic amines) is 1. The number of anilines is 3. The van der Waals surface area contributed by atoms with Crippen LogP contribution in [-0.2, 0) is 9.59 Å². The number of hydrogen-bond donors (Lipinski definition) is 2. The molecule has 0 spiro atoms. The van der Waals surface area contributed by atoms with Crippen LogP contribution in [0.2, 0.25) is 0 Å². The van der Waals surface area contributed by atoms with E-state index in [0.717, 1.165) is 94.2 Å². The van der Waals surface area contributed by atoms with Gasteiger partial charge in [0, 0.05) is 55.1 Å². The number of hydrogen-bond acceptors (Lipinski definition) is 10. The smallest absolute Gasteiger partial charge is 0.263 e. The fourth-order valence-corrected chi connectivity index (χ4v) is 9.18. The highest BCUT2D eigenvalue weighted by molar-refractivity contribution is 6.01. The third kappa shape index (κ3) is 7.08. The molecule has 6 heterocycles. The highest BCUT2D eigenvalue weighted by Gasteiger charge is 2.31. The number of carbonyl (C=O) groups excluding carboxylic acids is 3. The van der Waals surface area contributed by atoms with Gasteiger partial charge in [0.1, 0.15) is 11.5 Å². The Bertz CT molecular complexity index is 2090. The molecule has 2 N–H and O–H groups in total. The summed E-state index contributed by atoms with van der Waals surface area (Å²) in [5, 5.41) is 6.47. The zero-order valence-electron chi connectivity index (χ0n) is 30.6. The van der Waals surface area contributed by atoms with Crippen LogP contribution < -0.4 is 21.1 Å². The van der Waals surface area contributed by atoms with E-state index in [1.54, 1.807) is 17.7 Å². The monoisotopic (exact) mass is 716 g/mol. The van der Waals surface area contributed by atoms with Gasteiger partial charge in [0.25, 0.3) is 5.56 Å². The maximum absolute atomic E-state index is 13.6. The normalized spacial score (nSPS) is 20.9. The molecule has 3 saturated heterocycles. The first-order chi connectivity index (χ1) is 25.7. The lowest BCUT2D eigenvalue weighted by Crippen LogP contribution is -2.47. The van der Waals surface area contributed by atoms with Crippen LogP contribution in [0, 0.1) is 6.92 Å². The van der Waals surface area contributed by atoms with Crippen molar-refractivity contribution in [1.29, 1.82) is 0 Å². The summed E-state index contributed by atoms with van der Waals surface area (Å²) < 4.78 is 1.73. The molecule has 4 aromatic rings. The van der Waals surface area contributed by atoms with E-state index in [1.165, 1.54) is 12.5 Å². The fraction of sp³-hybridized carbons (Fsp3) is 0.488.